The van der Waals surface area contributed by atoms with Gasteiger partial charge in [0.15, 0.2) is 0 Å². The Morgan fingerprint density at radius 3 is 2.67 bits per heavy atom. The number of methoxy groups -OCH3 is 1. The number of aryl methyl sites for hydroxylation is 1. The summed E-state index contributed by atoms with van der Waals surface area (Å²) in [6, 6.07) is 13.1. The molecule has 6 heteroatoms. The average Bonchev–Trinajstić information content (AvgIpc) is 2.74. The third-order valence-electron chi connectivity index (χ3n) is 5.10. The summed E-state index contributed by atoms with van der Waals surface area (Å²) < 4.78 is 6.75. The van der Waals surface area contributed by atoms with Gasteiger partial charge in [-0.05, 0) is 48.2 Å². The van der Waals surface area contributed by atoms with E-state index in [2.05, 4.69) is 18.8 Å². The number of ether oxygens (including phenoxy) is 1. The summed E-state index contributed by atoms with van der Waals surface area (Å²) in [6.45, 7) is 6.26. The molecule has 1 amide bonds. The van der Waals surface area contributed by atoms with E-state index >= 15 is 0 Å². The van der Waals surface area contributed by atoms with Crippen LogP contribution in [0, 0.1) is 6.92 Å². The summed E-state index contributed by atoms with van der Waals surface area (Å²) in [5, 5.41) is 0. The van der Waals surface area contributed by atoms with Crippen molar-refractivity contribution in [2.24, 2.45) is 0 Å². The van der Waals surface area contributed by atoms with Gasteiger partial charge >= 0.3 is 0 Å². The van der Waals surface area contributed by atoms with Crippen LogP contribution in [0.2, 0.25) is 0 Å². The normalized spacial score (nSPS) is 10.9. The van der Waals surface area contributed by atoms with Crippen LogP contribution in [0.4, 0.5) is 0 Å². The van der Waals surface area contributed by atoms with E-state index in [-0.39, 0.29) is 23.6 Å². The molecular formula is C24H27N3O3. The van der Waals surface area contributed by atoms with E-state index in [9.17, 15) is 9.59 Å². The second-order valence-electron chi connectivity index (χ2n) is 7.65. The molecule has 2 aromatic heterocycles. The maximum Gasteiger partial charge on any atom is 0.268 e. The molecule has 0 N–H and O–H groups in total. The Balaban J connectivity index is 1.95. The lowest BCUT2D eigenvalue weighted by Gasteiger charge is -2.19. The van der Waals surface area contributed by atoms with Gasteiger partial charge in [0.25, 0.3) is 11.5 Å². The van der Waals surface area contributed by atoms with Gasteiger partial charge in [-0.15, -0.1) is 0 Å². The number of nitrogens with zero attached hydrogens (tertiary/aromatic N) is 3. The topological polar surface area (TPSA) is 64.4 Å². The average molecular weight is 405 g/mol. The van der Waals surface area contributed by atoms with E-state index in [1.165, 1.54) is 9.47 Å². The number of amides is 1. The lowest BCUT2D eigenvalue weighted by Crippen LogP contribution is -2.34. The zero-order valence-electron chi connectivity index (χ0n) is 18.0. The second kappa shape index (κ2) is 8.95. The highest BCUT2D eigenvalue weighted by atomic mass is 16.5. The first kappa shape index (κ1) is 21.3. The lowest BCUT2D eigenvalue weighted by atomic mass is 10.0. The number of hydrogen-bond acceptors (Lipinski definition) is 4. The molecular weight excluding hydrogens is 378 g/mol. The fourth-order valence-electron chi connectivity index (χ4n) is 3.30. The first-order valence-electron chi connectivity index (χ1n) is 9.88. The molecule has 0 aliphatic heterocycles. The van der Waals surface area contributed by atoms with Gasteiger partial charge in [0, 0.05) is 31.2 Å². The lowest BCUT2D eigenvalue weighted by molar-refractivity contribution is 0.0780. The summed E-state index contributed by atoms with van der Waals surface area (Å²) in [5.74, 6) is 0.675. The highest BCUT2D eigenvalue weighted by Gasteiger charge is 2.21. The molecule has 0 fully saturated rings. The molecule has 2 heterocycles. The van der Waals surface area contributed by atoms with E-state index in [1.54, 1.807) is 51.7 Å². The number of aromatic nitrogens is 2. The van der Waals surface area contributed by atoms with Crippen LogP contribution in [0.15, 0.2) is 59.7 Å². The standard InChI is InChI=1S/C24H27N3O3/c1-16(2)18-7-6-8-20(13-18)27-12-10-17(3)22(24(27)29)23(28)26(4)15-19-14-21(30-5)9-11-25-19/h6-14,16H,15H2,1-5H3. The molecule has 0 bridgehead atoms. The summed E-state index contributed by atoms with van der Waals surface area (Å²) in [6.07, 6.45) is 3.35. The van der Waals surface area contributed by atoms with E-state index in [1.807, 2.05) is 24.3 Å². The maximum atomic E-state index is 13.2. The fraction of sp³-hybridized carbons (Fsp3) is 0.292. The molecule has 1 aromatic carbocycles. The van der Waals surface area contributed by atoms with Gasteiger partial charge in [0.05, 0.1) is 19.3 Å². The maximum absolute atomic E-state index is 13.2. The quantitative estimate of drug-likeness (QED) is 0.623. The molecule has 0 saturated carbocycles. The van der Waals surface area contributed by atoms with Crippen LogP contribution in [0.5, 0.6) is 5.75 Å². The van der Waals surface area contributed by atoms with Crippen molar-refractivity contribution in [2.45, 2.75) is 33.2 Å². The fourth-order valence-corrected chi connectivity index (χ4v) is 3.30. The third-order valence-corrected chi connectivity index (χ3v) is 5.10. The highest BCUT2D eigenvalue weighted by molar-refractivity contribution is 5.95. The predicted molar refractivity (Wildman–Crippen MR) is 117 cm³/mol. The van der Waals surface area contributed by atoms with Crippen molar-refractivity contribution in [2.75, 3.05) is 14.2 Å². The minimum Gasteiger partial charge on any atom is -0.497 e. The summed E-state index contributed by atoms with van der Waals surface area (Å²) in [7, 11) is 3.25. The number of carbonyl (C=O) groups excluding carboxylic acids is 1. The van der Waals surface area contributed by atoms with Crippen LogP contribution in [-0.4, -0.2) is 34.5 Å². The number of benzene rings is 1. The molecule has 30 heavy (non-hydrogen) atoms. The minimum atomic E-state index is -0.337. The van der Waals surface area contributed by atoms with Crippen molar-refractivity contribution < 1.29 is 9.53 Å². The Bertz CT molecular complexity index is 1120. The van der Waals surface area contributed by atoms with Crippen molar-refractivity contribution in [1.29, 1.82) is 0 Å². The molecule has 0 aliphatic rings. The minimum absolute atomic E-state index is 0.165. The van der Waals surface area contributed by atoms with E-state index in [0.717, 1.165) is 11.3 Å². The van der Waals surface area contributed by atoms with E-state index in [4.69, 9.17) is 4.74 Å². The van der Waals surface area contributed by atoms with Crippen LogP contribution in [0.25, 0.3) is 5.69 Å². The van der Waals surface area contributed by atoms with Crippen LogP contribution in [-0.2, 0) is 6.54 Å². The third kappa shape index (κ3) is 4.43. The zero-order valence-corrected chi connectivity index (χ0v) is 18.0. The molecule has 0 atom stereocenters. The van der Waals surface area contributed by atoms with Crippen LogP contribution in [0.3, 0.4) is 0 Å². The van der Waals surface area contributed by atoms with Crippen molar-refractivity contribution in [3.63, 3.8) is 0 Å². The van der Waals surface area contributed by atoms with Crippen molar-refractivity contribution in [1.82, 2.24) is 14.5 Å². The Morgan fingerprint density at radius 1 is 1.20 bits per heavy atom. The molecule has 156 valence electrons. The summed E-state index contributed by atoms with van der Waals surface area (Å²) in [5.41, 5.74) is 3.05. The number of rotatable bonds is 6. The Morgan fingerprint density at radius 2 is 1.97 bits per heavy atom. The number of hydrogen-bond donors (Lipinski definition) is 0. The summed E-state index contributed by atoms with van der Waals surface area (Å²) in [4.78, 5) is 32.2. The van der Waals surface area contributed by atoms with Crippen LogP contribution < -0.4 is 10.3 Å². The van der Waals surface area contributed by atoms with Gasteiger partial charge in [-0.1, -0.05) is 26.0 Å². The molecule has 3 aromatic rings. The zero-order chi connectivity index (χ0) is 21.8. The first-order chi connectivity index (χ1) is 14.3. The van der Waals surface area contributed by atoms with Gasteiger partial charge in [0.2, 0.25) is 0 Å². The van der Waals surface area contributed by atoms with Gasteiger partial charge in [-0.25, -0.2) is 0 Å². The molecule has 0 unspecified atom stereocenters. The van der Waals surface area contributed by atoms with Crippen molar-refractivity contribution >= 4 is 5.91 Å². The van der Waals surface area contributed by atoms with Gasteiger partial charge in [0.1, 0.15) is 11.3 Å². The first-order valence-corrected chi connectivity index (χ1v) is 9.88. The Hall–Kier alpha value is -3.41. The molecule has 0 radical (unpaired) electrons. The van der Waals surface area contributed by atoms with Crippen LogP contribution >= 0.6 is 0 Å². The molecule has 0 aliphatic carbocycles. The Labute approximate surface area is 176 Å². The van der Waals surface area contributed by atoms with Gasteiger partial charge in [-0.3, -0.25) is 19.1 Å². The van der Waals surface area contributed by atoms with Gasteiger partial charge < -0.3 is 9.64 Å². The Kier molecular flexibility index (Phi) is 6.35. The molecule has 0 spiro atoms. The van der Waals surface area contributed by atoms with Crippen molar-refractivity contribution in [3.05, 3.63) is 87.6 Å². The van der Waals surface area contributed by atoms with Crippen molar-refractivity contribution in [3.8, 4) is 11.4 Å². The molecule has 0 saturated heterocycles. The van der Waals surface area contributed by atoms with E-state index < -0.39 is 0 Å². The SMILES string of the molecule is COc1ccnc(CN(C)C(=O)c2c(C)ccn(-c3cccc(C(C)C)c3)c2=O)c1. The van der Waals surface area contributed by atoms with Crippen LogP contribution in [0.1, 0.15) is 46.9 Å². The second-order valence-corrected chi connectivity index (χ2v) is 7.65. The smallest absolute Gasteiger partial charge is 0.268 e. The number of pyridine rings is 2. The van der Waals surface area contributed by atoms with Gasteiger partial charge in [-0.2, -0.15) is 0 Å². The monoisotopic (exact) mass is 405 g/mol. The summed E-state index contributed by atoms with van der Waals surface area (Å²) >= 11 is 0. The van der Waals surface area contributed by atoms with E-state index in [0.29, 0.717) is 22.9 Å². The number of carbonyl (C=O) groups is 1. The molecule has 6 nitrogen and oxygen atoms in total. The largest absolute Gasteiger partial charge is 0.497 e. The predicted octanol–water partition coefficient (Wildman–Crippen LogP) is 3.95. The highest BCUT2D eigenvalue weighted by Crippen LogP contribution is 2.18. The molecule has 3 rings (SSSR count).